The number of benzene rings is 1. The molecule has 0 saturated heterocycles. The van der Waals surface area contributed by atoms with E-state index in [9.17, 15) is 4.79 Å². The van der Waals surface area contributed by atoms with Crippen molar-refractivity contribution < 1.29 is 4.79 Å². The molecule has 1 aliphatic carbocycles. The Balaban J connectivity index is 2.42. The molecule has 0 heterocycles. The van der Waals surface area contributed by atoms with E-state index in [1.807, 2.05) is 0 Å². The number of hydrogen-bond donors (Lipinski definition) is 2. The number of allylic oxidation sites excluding steroid dienone is 3. The predicted octanol–water partition coefficient (Wildman–Crippen LogP) is 2.37. The Labute approximate surface area is 110 Å². The van der Waals surface area contributed by atoms with Crippen LogP contribution in [0.5, 0.6) is 0 Å². The van der Waals surface area contributed by atoms with Crippen molar-refractivity contribution in [3.05, 3.63) is 46.6 Å². The summed E-state index contributed by atoms with van der Waals surface area (Å²) in [6, 6.07) is 5.10. The van der Waals surface area contributed by atoms with E-state index in [1.165, 1.54) is 6.08 Å². The van der Waals surface area contributed by atoms with Crippen LogP contribution in [0.25, 0.3) is 0 Å². The van der Waals surface area contributed by atoms with E-state index >= 15 is 0 Å². The summed E-state index contributed by atoms with van der Waals surface area (Å²) in [5, 5.41) is 0.447. The second-order valence-corrected chi connectivity index (χ2v) is 4.40. The third kappa shape index (κ3) is 2.43. The first-order chi connectivity index (χ1) is 8.47. The number of ketones is 1. The second kappa shape index (κ2) is 4.66. The molecule has 1 aromatic carbocycles. The van der Waals surface area contributed by atoms with Crippen molar-refractivity contribution in [3.8, 4) is 0 Å². The molecule has 2 rings (SSSR count). The maximum Gasteiger partial charge on any atom is 0.201 e. The number of nitrogens with two attached hydrogens (primary N) is 2. The van der Waals surface area contributed by atoms with Gasteiger partial charge in [-0.2, -0.15) is 0 Å². The first-order valence-corrected chi connectivity index (χ1v) is 5.69. The quantitative estimate of drug-likeness (QED) is 0.601. The number of rotatable bonds is 1. The van der Waals surface area contributed by atoms with Crippen LogP contribution in [0.15, 0.2) is 46.6 Å². The van der Waals surface area contributed by atoms with E-state index < -0.39 is 0 Å². The van der Waals surface area contributed by atoms with Crippen LogP contribution in [0, 0.1) is 0 Å². The Morgan fingerprint density at radius 2 is 1.94 bits per heavy atom. The summed E-state index contributed by atoms with van der Waals surface area (Å²) >= 11 is 5.92. The molecule has 0 fully saturated rings. The van der Waals surface area contributed by atoms with E-state index in [0.717, 1.165) is 5.57 Å². The average Bonchev–Trinajstić information content (AvgIpc) is 2.31. The summed E-state index contributed by atoms with van der Waals surface area (Å²) < 4.78 is 0. The highest BCUT2D eigenvalue weighted by atomic mass is 35.5. The lowest BCUT2D eigenvalue weighted by molar-refractivity contribution is -0.111. The smallest absolute Gasteiger partial charge is 0.201 e. The number of hydrogen-bond acceptors (Lipinski definition) is 4. The minimum Gasteiger partial charge on any atom is -0.398 e. The lowest BCUT2D eigenvalue weighted by atomic mass is 10.0. The lowest BCUT2D eigenvalue weighted by Gasteiger charge is -2.09. The van der Waals surface area contributed by atoms with Gasteiger partial charge in [0.1, 0.15) is 0 Å². The van der Waals surface area contributed by atoms with Gasteiger partial charge >= 0.3 is 0 Å². The summed E-state index contributed by atoms with van der Waals surface area (Å²) in [7, 11) is 0. The molecule has 0 bridgehead atoms. The lowest BCUT2D eigenvalue weighted by Crippen LogP contribution is -2.17. The predicted molar refractivity (Wildman–Crippen MR) is 74.0 cm³/mol. The van der Waals surface area contributed by atoms with Gasteiger partial charge in [0.15, 0.2) is 0 Å². The van der Waals surface area contributed by atoms with Crippen LogP contribution in [0.4, 0.5) is 11.4 Å². The van der Waals surface area contributed by atoms with E-state index in [1.54, 1.807) is 31.2 Å². The van der Waals surface area contributed by atoms with Gasteiger partial charge in [-0.15, -0.1) is 0 Å². The molecule has 0 radical (unpaired) electrons. The number of aliphatic imine (C=N–C) groups is 1. The number of nitrogen functional groups attached to an aromatic ring is 1. The fourth-order valence-corrected chi connectivity index (χ4v) is 1.71. The normalized spacial score (nSPS) is 17.7. The zero-order valence-electron chi connectivity index (χ0n) is 9.77. The summed E-state index contributed by atoms with van der Waals surface area (Å²) in [6.07, 6.45) is 3.02. The summed E-state index contributed by atoms with van der Waals surface area (Å²) in [4.78, 5) is 15.7. The molecule has 0 aliphatic heterocycles. The van der Waals surface area contributed by atoms with Crippen LogP contribution in [-0.2, 0) is 4.79 Å². The van der Waals surface area contributed by atoms with E-state index in [-0.39, 0.29) is 11.5 Å². The SMILES string of the molecule is CC1=CC(=O)C(N)=CC1=Nc1ccc(N)c(Cl)c1. The second-order valence-electron chi connectivity index (χ2n) is 3.99. The van der Waals surface area contributed by atoms with Crippen molar-refractivity contribution >= 4 is 34.5 Å². The highest BCUT2D eigenvalue weighted by Gasteiger charge is 2.13. The number of carbonyl (C=O) groups is 1. The van der Waals surface area contributed by atoms with Crippen molar-refractivity contribution in [3.63, 3.8) is 0 Å². The van der Waals surface area contributed by atoms with Gasteiger partial charge in [-0.05, 0) is 42.8 Å². The highest BCUT2D eigenvalue weighted by Crippen LogP contribution is 2.25. The molecule has 0 aromatic heterocycles. The summed E-state index contributed by atoms with van der Waals surface area (Å²) in [6.45, 7) is 1.80. The Morgan fingerprint density at radius 1 is 1.22 bits per heavy atom. The van der Waals surface area contributed by atoms with Crippen LogP contribution < -0.4 is 11.5 Å². The van der Waals surface area contributed by atoms with Crippen LogP contribution >= 0.6 is 11.6 Å². The van der Waals surface area contributed by atoms with Crippen molar-refractivity contribution in [2.75, 3.05) is 5.73 Å². The molecule has 0 saturated carbocycles. The van der Waals surface area contributed by atoms with Crippen LogP contribution in [0.2, 0.25) is 5.02 Å². The van der Waals surface area contributed by atoms with Crippen molar-refractivity contribution in [1.82, 2.24) is 0 Å². The summed E-state index contributed by atoms with van der Waals surface area (Å²) in [5.41, 5.74) is 14.0. The van der Waals surface area contributed by atoms with Crippen molar-refractivity contribution in [1.29, 1.82) is 0 Å². The molecule has 0 amide bonds. The van der Waals surface area contributed by atoms with Gasteiger partial charge in [-0.1, -0.05) is 11.6 Å². The molecular weight excluding hydrogens is 250 g/mol. The van der Waals surface area contributed by atoms with E-state index in [0.29, 0.717) is 22.1 Å². The first-order valence-electron chi connectivity index (χ1n) is 5.31. The number of anilines is 1. The molecule has 5 heteroatoms. The van der Waals surface area contributed by atoms with Crippen LogP contribution in [-0.4, -0.2) is 11.5 Å². The molecule has 0 spiro atoms. The van der Waals surface area contributed by atoms with Crippen LogP contribution in [0.1, 0.15) is 6.92 Å². The monoisotopic (exact) mass is 261 g/mol. The average molecular weight is 262 g/mol. The molecule has 0 unspecified atom stereocenters. The van der Waals surface area contributed by atoms with E-state index in [4.69, 9.17) is 23.1 Å². The molecular formula is C13H12ClN3O. The molecule has 18 heavy (non-hydrogen) atoms. The number of nitrogens with zero attached hydrogens (tertiary/aromatic N) is 1. The molecule has 92 valence electrons. The molecule has 1 aliphatic rings. The number of carbonyl (C=O) groups excluding carboxylic acids is 1. The van der Waals surface area contributed by atoms with E-state index in [2.05, 4.69) is 4.99 Å². The molecule has 0 atom stereocenters. The minimum atomic E-state index is -0.193. The third-order valence-corrected chi connectivity index (χ3v) is 2.89. The van der Waals surface area contributed by atoms with Gasteiger partial charge in [-0.3, -0.25) is 4.79 Å². The van der Waals surface area contributed by atoms with Crippen molar-refractivity contribution in [2.24, 2.45) is 10.7 Å². The van der Waals surface area contributed by atoms with Gasteiger partial charge in [0.2, 0.25) is 5.78 Å². The first kappa shape index (κ1) is 12.4. The largest absolute Gasteiger partial charge is 0.398 e. The maximum absolute atomic E-state index is 11.3. The molecule has 1 aromatic rings. The zero-order valence-corrected chi connectivity index (χ0v) is 10.5. The van der Waals surface area contributed by atoms with Gasteiger partial charge in [0, 0.05) is 0 Å². The van der Waals surface area contributed by atoms with Crippen LogP contribution in [0.3, 0.4) is 0 Å². The third-order valence-electron chi connectivity index (χ3n) is 2.56. The topological polar surface area (TPSA) is 81.5 Å². The Bertz CT molecular complexity index is 615. The minimum absolute atomic E-state index is 0.181. The fourth-order valence-electron chi connectivity index (χ4n) is 1.53. The molecule has 4 N–H and O–H groups in total. The number of halogens is 1. The highest BCUT2D eigenvalue weighted by molar-refractivity contribution is 6.33. The van der Waals surface area contributed by atoms with Gasteiger partial charge in [0.25, 0.3) is 0 Å². The van der Waals surface area contributed by atoms with Crippen molar-refractivity contribution in [2.45, 2.75) is 6.92 Å². The Morgan fingerprint density at radius 3 is 2.61 bits per heavy atom. The molecule has 4 nitrogen and oxygen atoms in total. The van der Waals surface area contributed by atoms with Gasteiger partial charge < -0.3 is 11.5 Å². The maximum atomic E-state index is 11.3. The zero-order chi connectivity index (χ0) is 13.3. The van der Waals surface area contributed by atoms with Gasteiger partial charge in [0.05, 0.1) is 27.8 Å². The standard InChI is InChI=1S/C13H12ClN3O/c1-7-4-13(18)11(16)6-12(7)17-8-2-3-10(15)9(14)5-8/h2-6H,15-16H2,1H3. The van der Waals surface area contributed by atoms with Gasteiger partial charge in [-0.25, -0.2) is 4.99 Å². The Hall–Kier alpha value is -2.07. The fraction of sp³-hybridized carbons (Fsp3) is 0.0769. The summed E-state index contributed by atoms with van der Waals surface area (Å²) in [5.74, 6) is -0.193. The Kier molecular flexibility index (Phi) is 3.21.